The summed E-state index contributed by atoms with van der Waals surface area (Å²) in [4.78, 5) is 17.6. The van der Waals surface area contributed by atoms with E-state index >= 15 is 0 Å². The lowest BCUT2D eigenvalue weighted by Gasteiger charge is -2.30. The molecule has 2 aromatic rings. The van der Waals surface area contributed by atoms with E-state index in [1.165, 1.54) is 18.1 Å². The number of nitrogens with one attached hydrogen (secondary N) is 1. The normalized spacial score (nSPS) is 24.0. The standard InChI is InChI=1S/C17H18N2O3/c1-22-17(21)13-9-19-7-6-11-10-4-2-3-5-14(10)18-15(11)12(8-19)16(13)20/h2-5,12,18,20H,6-9H2,1H3. The number of aliphatic hydroxyl groups excluding tert-OH is 1. The zero-order valence-electron chi connectivity index (χ0n) is 12.4. The minimum atomic E-state index is -0.438. The molecule has 0 radical (unpaired) electrons. The molecule has 2 N–H and O–H groups in total. The number of fused-ring (bicyclic) bond motifs is 6. The van der Waals surface area contributed by atoms with Crippen molar-refractivity contribution in [1.82, 2.24) is 9.88 Å². The van der Waals surface area contributed by atoms with E-state index in [4.69, 9.17) is 4.74 Å². The Bertz CT molecular complexity index is 790. The summed E-state index contributed by atoms with van der Waals surface area (Å²) in [5, 5.41) is 11.8. The van der Waals surface area contributed by atoms with Gasteiger partial charge in [-0.05, 0) is 18.1 Å². The molecule has 4 rings (SSSR count). The summed E-state index contributed by atoms with van der Waals surface area (Å²) in [6.07, 6.45) is 0.914. The molecule has 1 aromatic heterocycles. The Kier molecular flexibility index (Phi) is 2.97. The van der Waals surface area contributed by atoms with Crippen molar-refractivity contribution in [2.24, 2.45) is 0 Å². The first-order valence-electron chi connectivity index (χ1n) is 7.51. The van der Waals surface area contributed by atoms with Crippen LogP contribution in [0.25, 0.3) is 10.9 Å². The van der Waals surface area contributed by atoms with Gasteiger partial charge in [-0.1, -0.05) is 18.2 Å². The molecule has 0 amide bonds. The number of nitrogens with zero attached hydrogens (tertiary/aromatic N) is 1. The second kappa shape index (κ2) is 4.88. The van der Waals surface area contributed by atoms with Crippen molar-refractivity contribution in [3.63, 3.8) is 0 Å². The first-order chi connectivity index (χ1) is 10.7. The van der Waals surface area contributed by atoms with Crippen LogP contribution in [-0.2, 0) is 16.0 Å². The summed E-state index contributed by atoms with van der Waals surface area (Å²) in [7, 11) is 1.35. The Morgan fingerprint density at radius 2 is 2.23 bits per heavy atom. The SMILES string of the molecule is COC(=O)C1=C(O)C2CN(CCc3c2[nH]c2ccccc32)C1. The van der Waals surface area contributed by atoms with Gasteiger partial charge in [-0.25, -0.2) is 4.79 Å². The van der Waals surface area contributed by atoms with E-state index < -0.39 is 5.97 Å². The highest BCUT2D eigenvalue weighted by Gasteiger charge is 2.36. The Hall–Kier alpha value is -2.27. The summed E-state index contributed by atoms with van der Waals surface area (Å²) in [6, 6.07) is 8.19. The molecule has 3 heterocycles. The fraction of sp³-hybridized carbons (Fsp3) is 0.353. The quantitative estimate of drug-likeness (QED) is 0.791. The molecule has 2 aliphatic heterocycles. The van der Waals surface area contributed by atoms with Gasteiger partial charge in [-0.2, -0.15) is 0 Å². The van der Waals surface area contributed by atoms with Crippen LogP contribution in [0.15, 0.2) is 35.6 Å². The highest BCUT2D eigenvalue weighted by atomic mass is 16.5. The van der Waals surface area contributed by atoms with Crippen molar-refractivity contribution in [2.75, 3.05) is 26.7 Å². The topological polar surface area (TPSA) is 65.6 Å². The Balaban J connectivity index is 1.90. The van der Waals surface area contributed by atoms with E-state index in [2.05, 4.69) is 16.0 Å². The van der Waals surface area contributed by atoms with Crippen molar-refractivity contribution in [3.8, 4) is 0 Å². The monoisotopic (exact) mass is 298 g/mol. The maximum Gasteiger partial charge on any atom is 0.338 e. The molecule has 0 fully saturated rings. The predicted molar refractivity (Wildman–Crippen MR) is 82.9 cm³/mol. The number of hydrogen-bond acceptors (Lipinski definition) is 4. The van der Waals surface area contributed by atoms with Crippen LogP contribution >= 0.6 is 0 Å². The molecule has 2 bridgehead atoms. The molecule has 2 aliphatic rings. The number of ether oxygens (including phenoxy) is 1. The third-order valence-corrected chi connectivity index (χ3v) is 4.77. The first-order valence-corrected chi connectivity index (χ1v) is 7.51. The number of aromatic amines is 1. The number of H-pyrrole nitrogens is 1. The summed E-state index contributed by atoms with van der Waals surface area (Å²) in [6.45, 7) is 2.06. The minimum absolute atomic E-state index is 0.151. The number of aromatic nitrogens is 1. The van der Waals surface area contributed by atoms with Gasteiger partial charge in [0, 0.05) is 36.2 Å². The van der Waals surface area contributed by atoms with Crippen molar-refractivity contribution in [1.29, 1.82) is 0 Å². The van der Waals surface area contributed by atoms with Crippen LogP contribution in [0, 0.1) is 0 Å². The number of carbonyl (C=O) groups is 1. The number of benzene rings is 1. The maximum atomic E-state index is 11.9. The van der Waals surface area contributed by atoms with E-state index in [-0.39, 0.29) is 11.7 Å². The van der Waals surface area contributed by atoms with Crippen LogP contribution in [0.3, 0.4) is 0 Å². The van der Waals surface area contributed by atoms with Crippen molar-refractivity contribution >= 4 is 16.9 Å². The molecule has 0 aliphatic carbocycles. The predicted octanol–water partition coefficient (Wildman–Crippen LogP) is 2.11. The Morgan fingerprint density at radius 3 is 3.05 bits per heavy atom. The van der Waals surface area contributed by atoms with Gasteiger partial charge in [0.25, 0.3) is 0 Å². The number of hydrogen-bond donors (Lipinski definition) is 2. The lowest BCUT2D eigenvalue weighted by atomic mass is 9.93. The number of carbonyl (C=O) groups excluding carboxylic acids is 1. The van der Waals surface area contributed by atoms with Crippen LogP contribution in [0.5, 0.6) is 0 Å². The Morgan fingerprint density at radius 1 is 1.41 bits per heavy atom. The largest absolute Gasteiger partial charge is 0.511 e. The summed E-state index contributed by atoms with van der Waals surface area (Å²) < 4.78 is 4.82. The minimum Gasteiger partial charge on any atom is -0.511 e. The van der Waals surface area contributed by atoms with E-state index in [1.807, 2.05) is 18.2 Å². The molecule has 0 spiro atoms. The van der Waals surface area contributed by atoms with E-state index in [9.17, 15) is 9.90 Å². The molecule has 2 unspecified atom stereocenters. The van der Waals surface area contributed by atoms with Crippen molar-refractivity contribution in [3.05, 3.63) is 46.9 Å². The molecule has 0 saturated heterocycles. The third-order valence-electron chi connectivity index (χ3n) is 4.77. The van der Waals surface area contributed by atoms with Gasteiger partial charge < -0.3 is 14.8 Å². The van der Waals surface area contributed by atoms with Crippen LogP contribution in [0.4, 0.5) is 0 Å². The number of esters is 1. The van der Waals surface area contributed by atoms with E-state index in [0.29, 0.717) is 12.1 Å². The van der Waals surface area contributed by atoms with E-state index in [1.54, 1.807) is 0 Å². The zero-order valence-corrected chi connectivity index (χ0v) is 12.4. The molecule has 5 nitrogen and oxygen atoms in total. The summed E-state index contributed by atoms with van der Waals surface area (Å²) in [5.74, 6) is -0.475. The van der Waals surface area contributed by atoms with Crippen LogP contribution in [-0.4, -0.2) is 47.7 Å². The fourth-order valence-corrected chi connectivity index (χ4v) is 3.67. The van der Waals surface area contributed by atoms with Gasteiger partial charge in [0.15, 0.2) is 0 Å². The average Bonchev–Trinajstić information content (AvgIpc) is 2.84. The molecule has 0 saturated carbocycles. The van der Waals surface area contributed by atoms with Gasteiger partial charge in [0.2, 0.25) is 0 Å². The Labute approximate surface area is 128 Å². The van der Waals surface area contributed by atoms with Gasteiger partial charge >= 0.3 is 5.97 Å². The number of rotatable bonds is 1. The molecule has 22 heavy (non-hydrogen) atoms. The van der Waals surface area contributed by atoms with Crippen molar-refractivity contribution < 1.29 is 14.6 Å². The lowest BCUT2D eigenvalue weighted by molar-refractivity contribution is -0.136. The highest BCUT2D eigenvalue weighted by molar-refractivity contribution is 5.90. The smallest absolute Gasteiger partial charge is 0.338 e. The molecule has 2 atom stereocenters. The van der Waals surface area contributed by atoms with Crippen LogP contribution < -0.4 is 0 Å². The van der Waals surface area contributed by atoms with E-state index in [0.717, 1.165) is 30.7 Å². The average molecular weight is 298 g/mol. The van der Waals surface area contributed by atoms with Gasteiger partial charge in [0.1, 0.15) is 5.76 Å². The first kappa shape index (κ1) is 13.4. The zero-order chi connectivity index (χ0) is 15.3. The number of aliphatic hydroxyl groups is 1. The number of para-hydroxylation sites is 1. The van der Waals surface area contributed by atoms with Crippen LogP contribution in [0.1, 0.15) is 17.2 Å². The fourth-order valence-electron chi connectivity index (χ4n) is 3.67. The van der Waals surface area contributed by atoms with Crippen LogP contribution in [0.2, 0.25) is 0 Å². The maximum absolute atomic E-state index is 11.9. The van der Waals surface area contributed by atoms with Gasteiger partial charge in [-0.3, -0.25) is 4.90 Å². The molecule has 5 heteroatoms. The molecular formula is C17H18N2O3. The van der Waals surface area contributed by atoms with Crippen molar-refractivity contribution in [2.45, 2.75) is 12.3 Å². The summed E-state index contributed by atoms with van der Waals surface area (Å²) in [5.41, 5.74) is 3.74. The third kappa shape index (κ3) is 1.85. The molecule has 1 aromatic carbocycles. The summed E-state index contributed by atoms with van der Waals surface area (Å²) >= 11 is 0. The second-order valence-electron chi connectivity index (χ2n) is 5.96. The van der Waals surface area contributed by atoms with Gasteiger partial charge in [-0.15, -0.1) is 0 Å². The lowest BCUT2D eigenvalue weighted by Crippen LogP contribution is -2.38. The highest BCUT2D eigenvalue weighted by Crippen LogP contribution is 2.38. The molecule has 114 valence electrons. The second-order valence-corrected chi connectivity index (χ2v) is 5.96. The number of methoxy groups -OCH3 is 1. The van der Waals surface area contributed by atoms with Gasteiger partial charge in [0.05, 0.1) is 18.6 Å². The molecular weight excluding hydrogens is 280 g/mol.